The minimum Gasteiger partial charge on any atom is -0.756 e. The first-order valence-corrected chi connectivity index (χ1v) is 29.3. The van der Waals surface area contributed by atoms with Gasteiger partial charge in [-0.2, -0.15) is 0 Å². The Morgan fingerprint density at radius 2 is 0.861 bits per heavy atom. The van der Waals surface area contributed by atoms with Crippen LogP contribution in [-0.2, 0) is 50.9 Å². The smallest absolute Gasteiger partial charge is 0.306 e. The topological polar surface area (TPSA) is 421 Å². The molecule has 1 rings (SSSR count). The first-order chi connectivity index (χ1) is 32.8. The van der Waals surface area contributed by atoms with Crippen molar-refractivity contribution in [3.63, 3.8) is 0 Å². The lowest BCUT2D eigenvalue weighted by atomic mass is 9.85. The monoisotopic (exact) mass is 1100 g/mol. The van der Waals surface area contributed by atoms with Crippen LogP contribution in [-0.4, -0.2) is 93.0 Å². The first kappa shape index (κ1) is 74.2. The molecule has 17 N–H and O–H groups in total. The summed E-state index contributed by atoms with van der Waals surface area (Å²) in [6, 6.07) is 0. The number of esters is 2. The van der Waals surface area contributed by atoms with E-state index in [1.54, 1.807) is 0 Å². The van der Waals surface area contributed by atoms with Gasteiger partial charge in [-0.3, -0.25) is 23.3 Å². The summed E-state index contributed by atoms with van der Waals surface area (Å²) in [4.78, 5) is 79.6. The second kappa shape index (κ2) is 44.2. The number of carbonyl (C=O) groups excluding carboxylic acids is 2. The predicted octanol–water partition coefficient (Wildman–Crippen LogP) is 8.64. The van der Waals surface area contributed by atoms with Gasteiger partial charge < -0.3 is 85.8 Å². The molecule has 0 aromatic heterocycles. The van der Waals surface area contributed by atoms with E-state index in [0.29, 0.717) is 25.7 Å². The van der Waals surface area contributed by atoms with Crippen LogP contribution in [0.5, 0.6) is 0 Å². The Bertz CT molecular complexity index is 1650. The number of hydrogen-bond donors (Lipinski definition) is 8. The highest BCUT2D eigenvalue weighted by Crippen LogP contribution is 2.48. The summed E-state index contributed by atoms with van der Waals surface area (Å²) in [6.45, 7) is 2.76. The third-order valence-electron chi connectivity index (χ3n) is 11.1. The Kier molecular flexibility index (Phi) is 45.5. The van der Waals surface area contributed by atoms with Crippen molar-refractivity contribution in [1.82, 2.24) is 18.5 Å². The van der Waals surface area contributed by atoms with Gasteiger partial charge in [0, 0.05) is 12.8 Å². The molecule has 1 fully saturated rings. The van der Waals surface area contributed by atoms with Crippen molar-refractivity contribution in [2.75, 3.05) is 13.2 Å². The maximum atomic E-state index is 13.0. The molecule has 1 aliphatic carbocycles. The molecular formula is C47H94N3O19P3. The van der Waals surface area contributed by atoms with Crippen molar-refractivity contribution in [1.29, 1.82) is 0 Å². The highest BCUT2D eigenvalue weighted by Gasteiger charge is 2.54. The lowest BCUT2D eigenvalue weighted by Gasteiger charge is -2.47. The largest absolute Gasteiger partial charge is 0.756 e. The van der Waals surface area contributed by atoms with Gasteiger partial charge in [-0.25, -0.2) is 0 Å². The van der Waals surface area contributed by atoms with Crippen molar-refractivity contribution in [2.45, 2.75) is 224 Å². The number of rotatable bonds is 42. The molecule has 22 nitrogen and oxygen atoms in total. The number of allylic oxidation sites excluding steroid dienone is 8. The fraction of sp³-hybridized carbons (Fsp3) is 0.787. The number of quaternary nitrogens is 3. The average Bonchev–Trinajstić information content (AvgIpc) is 3.28. The number of aliphatic hydroxyl groups excluding tert-OH is 3. The molecule has 1 aliphatic rings. The van der Waals surface area contributed by atoms with E-state index in [4.69, 9.17) is 23.4 Å². The number of carbonyl (C=O) groups is 2. The van der Waals surface area contributed by atoms with Crippen LogP contribution in [0.25, 0.3) is 0 Å². The quantitative estimate of drug-likeness (QED) is 0.0123. The van der Waals surface area contributed by atoms with Gasteiger partial charge in [-0.05, 0) is 51.4 Å². The molecule has 0 aromatic carbocycles. The molecule has 0 saturated heterocycles. The zero-order valence-corrected chi connectivity index (χ0v) is 46.4. The second-order valence-electron chi connectivity index (χ2n) is 17.3. The van der Waals surface area contributed by atoms with Crippen molar-refractivity contribution < 1.29 is 90.6 Å². The average molecular weight is 1100 g/mol. The van der Waals surface area contributed by atoms with E-state index in [-0.39, 0.29) is 31.3 Å². The lowest BCUT2D eigenvalue weighted by molar-refractivity contribution is -0.280. The Morgan fingerprint density at radius 3 is 1.32 bits per heavy atom. The van der Waals surface area contributed by atoms with Crippen molar-refractivity contribution in [2.24, 2.45) is 0 Å². The van der Waals surface area contributed by atoms with Gasteiger partial charge >= 0.3 is 11.9 Å². The maximum Gasteiger partial charge on any atom is 0.306 e. The standard InChI is InChI=1S/C47H85O19P3.3H3N/c1-3-5-7-9-11-13-15-17-19-20-22-24-26-28-30-32-34-36-41(49)63-39(37-61-40(48)35-33-31-29-27-25-23-21-18-16-14-12-10-8-6-4-2)38-62-69(59,60)66-45-42(50)43(51)46(64-67(53,54)55)47(44(45)52)65-68(56,57)58;;;/h11,13,17,19,22,24,28,30,39,42-47,50-52H,3-10,12,14-16,18,20-21,23,25-27,29,31-38H2,1-2H3,(H,59,60)(H2,53,54,55)(H2,56,57,58);3*1H3/b13-11-,19-17-,24-22-,30-28-;;;/t39-,42?,43+,44?,45-,46?,47?;;;/m1.../s1. The summed E-state index contributed by atoms with van der Waals surface area (Å²) in [5.74, 6) is -1.42. The second-order valence-corrected chi connectivity index (χ2v) is 21.0. The van der Waals surface area contributed by atoms with Crippen LogP contribution in [0.4, 0.5) is 0 Å². The van der Waals surface area contributed by atoms with Gasteiger partial charge in [-0.1, -0.05) is 165 Å². The summed E-state index contributed by atoms with van der Waals surface area (Å²) in [6.07, 6.45) is 24.5. The van der Waals surface area contributed by atoms with E-state index < -0.39 is 91.3 Å². The summed E-state index contributed by atoms with van der Waals surface area (Å²) < 4.78 is 64.4. The van der Waals surface area contributed by atoms with E-state index in [0.717, 1.165) is 44.9 Å². The summed E-state index contributed by atoms with van der Waals surface area (Å²) >= 11 is 0. The van der Waals surface area contributed by atoms with Crippen molar-refractivity contribution in [3.8, 4) is 0 Å². The SMILES string of the molecule is CCCCC/C=C\C/C=C\C/C=C\C/C=C\CCCC(=O)O[C@H](COC(=O)CCCCCCCCCCCCCCCCC)COP(=O)([O-])O[C@H]1C(O)C(OP(=O)([O-])O)C(OP(=O)([O-])O)[C@@H](O)C1O.[NH4+].[NH4+].[NH4+]. The summed E-state index contributed by atoms with van der Waals surface area (Å²) in [5, 5.41) is 31.7. The van der Waals surface area contributed by atoms with E-state index in [1.165, 1.54) is 83.5 Å². The molecule has 25 heteroatoms. The third-order valence-corrected chi connectivity index (χ3v) is 13.1. The molecule has 0 amide bonds. The van der Waals surface area contributed by atoms with Crippen LogP contribution in [0.1, 0.15) is 181 Å². The number of hydrogen-bond acceptors (Lipinski definition) is 17. The molecule has 0 aliphatic heterocycles. The van der Waals surface area contributed by atoms with Crippen LogP contribution in [0.3, 0.4) is 0 Å². The molecule has 1 saturated carbocycles. The Morgan fingerprint density at radius 1 is 0.486 bits per heavy atom. The van der Waals surface area contributed by atoms with Crippen molar-refractivity contribution in [3.05, 3.63) is 48.6 Å². The van der Waals surface area contributed by atoms with E-state index in [1.807, 2.05) is 18.2 Å². The molecule has 0 bridgehead atoms. The highest BCUT2D eigenvalue weighted by molar-refractivity contribution is 7.46. The Labute approximate surface area is 428 Å². The zero-order valence-electron chi connectivity index (χ0n) is 43.8. The summed E-state index contributed by atoms with van der Waals surface area (Å²) in [7, 11) is -17.5. The van der Waals surface area contributed by atoms with Crippen LogP contribution < -0.4 is 33.1 Å². The lowest BCUT2D eigenvalue weighted by Crippen LogP contribution is -2.65. The van der Waals surface area contributed by atoms with Gasteiger partial charge in [0.15, 0.2) is 6.10 Å². The van der Waals surface area contributed by atoms with Crippen LogP contribution >= 0.6 is 23.5 Å². The normalized spacial score (nSPS) is 22.1. The number of unbranched alkanes of at least 4 members (excludes halogenated alkanes) is 18. The first-order valence-electron chi connectivity index (χ1n) is 24.9. The molecule has 10 atom stereocenters. The fourth-order valence-corrected chi connectivity index (χ4v) is 9.44. The number of ether oxygens (including phenoxy) is 2. The van der Waals surface area contributed by atoms with Crippen LogP contribution in [0, 0.1) is 0 Å². The van der Waals surface area contributed by atoms with Crippen LogP contribution in [0.15, 0.2) is 48.6 Å². The van der Waals surface area contributed by atoms with Gasteiger partial charge in [0.2, 0.25) is 0 Å². The highest BCUT2D eigenvalue weighted by atomic mass is 31.2. The van der Waals surface area contributed by atoms with E-state index >= 15 is 0 Å². The van der Waals surface area contributed by atoms with Crippen molar-refractivity contribution >= 4 is 35.4 Å². The molecule has 0 spiro atoms. The molecule has 72 heavy (non-hydrogen) atoms. The number of phosphoric ester groups is 3. The molecule has 0 heterocycles. The number of phosphoric acid groups is 3. The van der Waals surface area contributed by atoms with Crippen LogP contribution in [0.2, 0.25) is 0 Å². The molecule has 7 unspecified atom stereocenters. The molecular weight excluding hydrogens is 1000 g/mol. The van der Waals surface area contributed by atoms with Gasteiger partial charge in [0.05, 0.1) is 6.61 Å². The minimum atomic E-state index is -5.89. The van der Waals surface area contributed by atoms with Gasteiger partial charge in [-0.15, -0.1) is 0 Å². The maximum absolute atomic E-state index is 13.0. The van der Waals surface area contributed by atoms with E-state index in [2.05, 4.69) is 53.3 Å². The third kappa shape index (κ3) is 39.4. The molecule has 0 radical (unpaired) electrons. The molecule has 0 aromatic rings. The van der Waals surface area contributed by atoms with E-state index in [9.17, 15) is 58.2 Å². The predicted molar refractivity (Wildman–Crippen MR) is 273 cm³/mol. The Balaban J connectivity index is -0.0000159. The molecule has 426 valence electrons. The van der Waals surface area contributed by atoms with Gasteiger partial charge in [0.1, 0.15) is 43.2 Å². The number of aliphatic hydroxyl groups is 3. The fourth-order valence-electron chi connectivity index (χ4n) is 7.38. The zero-order chi connectivity index (χ0) is 51.4. The summed E-state index contributed by atoms with van der Waals surface area (Å²) in [5.41, 5.74) is 0. The Hall–Kier alpha value is -2.01. The minimum absolute atomic E-state index is 0. The van der Waals surface area contributed by atoms with Gasteiger partial charge in [0.25, 0.3) is 23.5 Å².